The molecule has 0 heterocycles. The third-order valence-corrected chi connectivity index (χ3v) is 1.87. The van der Waals surface area contributed by atoms with E-state index in [4.69, 9.17) is 9.47 Å². The Hall–Kier alpha value is -1.20. The molecule has 90 valence electrons. The summed E-state index contributed by atoms with van der Waals surface area (Å²) in [5, 5.41) is 3.05. The maximum Gasteiger partial charge on any atom is 0.129 e. The largest absolute Gasteiger partial charge is 0.492 e. The highest BCUT2D eigenvalue weighted by Crippen LogP contribution is 2.14. The fraction of sp³-hybridized carbons (Fsp3) is 0.455. The van der Waals surface area contributed by atoms with Gasteiger partial charge in [-0.15, -0.1) is 0 Å². The van der Waals surface area contributed by atoms with Crippen molar-refractivity contribution in [3.05, 3.63) is 29.8 Å². The molecule has 1 aromatic rings. The molecule has 0 saturated heterocycles. The molecule has 0 spiro atoms. The lowest BCUT2D eigenvalue weighted by Crippen LogP contribution is -2.24. The molecule has 0 radical (unpaired) electrons. The molecule has 1 aromatic carbocycles. The van der Waals surface area contributed by atoms with Gasteiger partial charge in [0.1, 0.15) is 24.0 Å². The molecule has 0 aromatic heterocycles. The van der Waals surface area contributed by atoms with Crippen molar-refractivity contribution in [1.29, 1.82) is 0 Å². The Labute approximate surface area is 93.4 Å². The summed E-state index contributed by atoms with van der Waals surface area (Å²) >= 11 is 0. The predicted molar refractivity (Wildman–Crippen MR) is 56.6 cm³/mol. The van der Waals surface area contributed by atoms with Crippen LogP contribution in [-0.2, 0) is 4.74 Å². The van der Waals surface area contributed by atoms with Crippen LogP contribution in [0.1, 0.15) is 0 Å². The van der Waals surface area contributed by atoms with Gasteiger partial charge in [0.25, 0.3) is 0 Å². The predicted octanol–water partition coefficient (Wildman–Crippen LogP) is 1.58. The van der Waals surface area contributed by atoms with Crippen LogP contribution in [0.15, 0.2) is 18.2 Å². The molecule has 0 aliphatic rings. The fourth-order valence-electron chi connectivity index (χ4n) is 1.15. The number of ether oxygens (including phenoxy) is 2. The maximum absolute atomic E-state index is 12.8. The fourth-order valence-corrected chi connectivity index (χ4v) is 1.15. The molecule has 3 nitrogen and oxygen atoms in total. The lowest BCUT2D eigenvalue weighted by Gasteiger charge is -2.07. The van der Waals surface area contributed by atoms with Crippen molar-refractivity contribution in [2.45, 2.75) is 0 Å². The minimum absolute atomic E-state index is 0.200. The van der Waals surface area contributed by atoms with Crippen molar-refractivity contribution in [3.8, 4) is 5.75 Å². The highest BCUT2D eigenvalue weighted by Gasteiger charge is 2.00. The Morgan fingerprint density at radius 2 is 1.69 bits per heavy atom. The van der Waals surface area contributed by atoms with Crippen LogP contribution < -0.4 is 10.1 Å². The average Bonchev–Trinajstić information content (AvgIpc) is 2.22. The molecule has 0 atom stereocenters. The minimum Gasteiger partial charge on any atom is -0.492 e. The number of nitrogens with one attached hydrogen (secondary N) is 1. The second-order valence-corrected chi connectivity index (χ2v) is 3.20. The van der Waals surface area contributed by atoms with Crippen LogP contribution in [0.5, 0.6) is 5.75 Å². The molecule has 1 N–H and O–H groups in total. The summed E-state index contributed by atoms with van der Waals surface area (Å²) in [5.41, 5.74) is 0. The van der Waals surface area contributed by atoms with Gasteiger partial charge in [-0.25, -0.2) is 8.78 Å². The van der Waals surface area contributed by atoms with E-state index in [9.17, 15) is 8.78 Å². The zero-order valence-electron chi connectivity index (χ0n) is 9.13. The van der Waals surface area contributed by atoms with E-state index in [1.54, 1.807) is 7.11 Å². The highest BCUT2D eigenvalue weighted by atomic mass is 19.1. The quantitative estimate of drug-likeness (QED) is 0.723. The Kier molecular flexibility index (Phi) is 5.74. The SMILES string of the molecule is COCCNCCOc1cc(F)cc(F)c1. The second-order valence-electron chi connectivity index (χ2n) is 3.20. The average molecular weight is 231 g/mol. The van der Waals surface area contributed by atoms with E-state index in [0.29, 0.717) is 19.8 Å². The van der Waals surface area contributed by atoms with Gasteiger partial charge in [0.15, 0.2) is 0 Å². The van der Waals surface area contributed by atoms with Crippen molar-refractivity contribution < 1.29 is 18.3 Å². The van der Waals surface area contributed by atoms with Crippen molar-refractivity contribution in [1.82, 2.24) is 5.32 Å². The van der Waals surface area contributed by atoms with Crippen molar-refractivity contribution in [3.63, 3.8) is 0 Å². The first-order valence-corrected chi connectivity index (χ1v) is 5.01. The molecular formula is C11H15F2NO2. The third kappa shape index (κ3) is 5.04. The first-order chi connectivity index (χ1) is 7.72. The lowest BCUT2D eigenvalue weighted by molar-refractivity contribution is 0.196. The van der Waals surface area contributed by atoms with Crippen molar-refractivity contribution in [2.75, 3.05) is 33.4 Å². The van der Waals surface area contributed by atoms with E-state index in [1.165, 1.54) is 0 Å². The molecule has 0 fully saturated rings. The first kappa shape index (κ1) is 12.9. The van der Waals surface area contributed by atoms with E-state index >= 15 is 0 Å². The van der Waals surface area contributed by atoms with Crippen LogP contribution in [-0.4, -0.2) is 33.4 Å². The zero-order chi connectivity index (χ0) is 11.8. The number of rotatable bonds is 7. The summed E-state index contributed by atoms with van der Waals surface area (Å²) in [6.07, 6.45) is 0. The van der Waals surface area contributed by atoms with Gasteiger partial charge in [-0.2, -0.15) is 0 Å². The second kappa shape index (κ2) is 7.14. The summed E-state index contributed by atoms with van der Waals surface area (Å²) in [6.45, 7) is 2.29. The molecule has 0 amide bonds. The third-order valence-electron chi connectivity index (χ3n) is 1.87. The van der Waals surface area contributed by atoms with E-state index in [1.807, 2.05) is 0 Å². The normalized spacial score (nSPS) is 10.4. The van der Waals surface area contributed by atoms with Crippen LogP contribution in [0.3, 0.4) is 0 Å². The first-order valence-electron chi connectivity index (χ1n) is 5.01. The van der Waals surface area contributed by atoms with Gasteiger partial charge in [-0.1, -0.05) is 0 Å². The summed E-state index contributed by atoms with van der Waals surface area (Å²) in [6, 6.07) is 3.11. The number of methoxy groups -OCH3 is 1. The maximum atomic E-state index is 12.8. The number of benzene rings is 1. The smallest absolute Gasteiger partial charge is 0.129 e. The van der Waals surface area contributed by atoms with Gasteiger partial charge < -0.3 is 14.8 Å². The summed E-state index contributed by atoms with van der Waals surface area (Å²) in [4.78, 5) is 0. The van der Waals surface area contributed by atoms with Crippen LogP contribution in [0.25, 0.3) is 0 Å². The zero-order valence-corrected chi connectivity index (χ0v) is 9.13. The van der Waals surface area contributed by atoms with Gasteiger partial charge in [0.05, 0.1) is 6.61 Å². The van der Waals surface area contributed by atoms with E-state index in [0.717, 1.165) is 24.7 Å². The Morgan fingerprint density at radius 1 is 1.06 bits per heavy atom. The molecule has 5 heteroatoms. The minimum atomic E-state index is -0.637. The number of hydrogen-bond donors (Lipinski definition) is 1. The van der Waals surface area contributed by atoms with E-state index in [-0.39, 0.29) is 5.75 Å². The van der Waals surface area contributed by atoms with Gasteiger partial charge in [-0.05, 0) is 0 Å². The summed E-state index contributed by atoms with van der Waals surface area (Å²) in [5.74, 6) is -1.07. The monoisotopic (exact) mass is 231 g/mol. The number of hydrogen-bond acceptors (Lipinski definition) is 3. The molecule has 0 unspecified atom stereocenters. The van der Waals surface area contributed by atoms with Gasteiger partial charge >= 0.3 is 0 Å². The number of halogens is 2. The molecule has 0 saturated carbocycles. The Balaban J connectivity index is 2.21. The molecule has 0 bridgehead atoms. The van der Waals surface area contributed by atoms with Crippen LogP contribution in [0, 0.1) is 11.6 Å². The topological polar surface area (TPSA) is 30.5 Å². The van der Waals surface area contributed by atoms with E-state index < -0.39 is 11.6 Å². The molecule has 1 rings (SSSR count). The van der Waals surface area contributed by atoms with Crippen molar-refractivity contribution >= 4 is 0 Å². The Morgan fingerprint density at radius 3 is 2.31 bits per heavy atom. The Bertz CT molecular complexity index is 301. The van der Waals surface area contributed by atoms with Crippen LogP contribution in [0.4, 0.5) is 8.78 Å². The van der Waals surface area contributed by atoms with Gasteiger partial charge in [-0.3, -0.25) is 0 Å². The van der Waals surface area contributed by atoms with Crippen molar-refractivity contribution in [2.24, 2.45) is 0 Å². The van der Waals surface area contributed by atoms with E-state index in [2.05, 4.69) is 5.32 Å². The standard InChI is InChI=1S/C11H15F2NO2/c1-15-4-2-14-3-5-16-11-7-9(12)6-10(13)8-11/h6-8,14H,2-5H2,1H3. The molecule has 16 heavy (non-hydrogen) atoms. The van der Waals surface area contributed by atoms with Gasteiger partial charge in [0, 0.05) is 38.4 Å². The summed E-state index contributed by atoms with van der Waals surface area (Å²) < 4.78 is 35.5. The van der Waals surface area contributed by atoms with Gasteiger partial charge in [0.2, 0.25) is 0 Å². The van der Waals surface area contributed by atoms with Crippen LogP contribution >= 0.6 is 0 Å². The van der Waals surface area contributed by atoms with Crippen LogP contribution in [0.2, 0.25) is 0 Å². The lowest BCUT2D eigenvalue weighted by atomic mass is 10.3. The molecule has 0 aliphatic carbocycles. The summed E-state index contributed by atoms with van der Waals surface area (Å²) in [7, 11) is 1.62. The highest BCUT2D eigenvalue weighted by molar-refractivity contribution is 5.23. The molecular weight excluding hydrogens is 216 g/mol. The molecule has 0 aliphatic heterocycles.